The Labute approximate surface area is 121 Å². The van der Waals surface area contributed by atoms with Crippen LogP contribution in [0.1, 0.15) is 28.2 Å². The molecular weight excluding hydrogens is 266 g/mol. The van der Waals surface area contributed by atoms with E-state index in [1.54, 1.807) is 18.5 Å². The number of aryl methyl sites for hydroxylation is 2. The van der Waals surface area contributed by atoms with E-state index in [0.717, 1.165) is 41.6 Å². The second kappa shape index (κ2) is 5.75. The van der Waals surface area contributed by atoms with Gasteiger partial charge >= 0.3 is 5.97 Å². The highest BCUT2D eigenvalue weighted by Gasteiger charge is 2.06. The second-order valence-corrected chi connectivity index (χ2v) is 4.93. The predicted molar refractivity (Wildman–Crippen MR) is 79.3 cm³/mol. The van der Waals surface area contributed by atoms with Gasteiger partial charge in [-0.05, 0) is 55.2 Å². The van der Waals surface area contributed by atoms with E-state index in [1.165, 1.54) is 0 Å². The van der Waals surface area contributed by atoms with Crippen LogP contribution in [-0.2, 0) is 12.8 Å². The summed E-state index contributed by atoms with van der Waals surface area (Å²) < 4.78 is 0. The molecule has 3 aromatic heterocycles. The quantitative estimate of drug-likeness (QED) is 0.753. The van der Waals surface area contributed by atoms with Crippen LogP contribution < -0.4 is 0 Å². The van der Waals surface area contributed by atoms with Gasteiger partial charge in [0.1, 0.15) is 5.69 Å². The minimum absolute atomic E-state index is 0.234. The van der Waals surface area contributed by atoms with Gasteiger partial charge in [-0.15, -0.1) is 0 Å². The van der Waals surface area contributed by atoms with Gasteiger partial charge in [-0.3, -0.25) is 0 Å². The number of fused-ring (bicyclic) bond motifs is 1. The third-order valence-corrected chi connectivity index (χ3v) is 3.39. The lowest BCUT2D eigenvalue weighted by Crippen LogP contribution is -1.95. The molecule has 5 heteroatoms. The topological polar surface area (TPSA) is 78.9 Å². The molecule has 0 bridgehead atoms. The van der Waals surface area contributed by atoms with E-state index in [4.69, 9.17) is 5.11 Å². The summed E-state index contributed by atoms with van der Waals surface area (Å²) in [7, 11) is 0. The average Bonchev–Trinajstić information content (AvgIpc) is 2.96. The van der Waals surface area contributed by atoms with Crippen molar-refractivity contribution in [2.75, 3.05) is 0 Å². The molecule has 0 radical (unpaired) electrons. The molecule has 21 heavy (non-hydrogen) atoms. The molecule has 2 N–H and O–H groups in total. The summed E-state index contributed by atoms with van der Waals surface area (Å²) in [6, 6.07) is 9.62. The first-order valence-corrected chi connectivity index (χ1v) is 6.83. The number of nitrogens with zero attached hydrogens (tertiary/aromatic N) is 2. The third kappa shape index (κ3) is 3.08. The number of H-pyrrole nitrogens is 1. The standard InChI is InChI=1S/C16H15N3O2/c20-16(21)14-9-11(10-18-14)3-1-5-13-7-6-12-4-2-8-17-15(12)19-13/h2,4,6-10,18H,1,3,5H2,(H,20,21). The van der Waals surface area contributed by atoms with Crippen LogP contribution in [0, 0.1) is 0 Å². The van der Waals surface area contributed by atoms with Crippen molar-refractivity contribution < 1.29 is 9.90 Å². The molecule has 3 heterocycles. The summed E-state index contributed by atoms with van der Waals surface area (Å²) in [5.74, 6) is -0.927. The van der Waals surface area contributed by atoms with Crippen molar-refractivity contribution in [2.45, 2.75) is 19.3 Å². The number of carbonyl (C=O) groups is 1. The molecule has 0 amide bonds. The maximum Gasteiger partial charge on any atom is 0.352 e. The van der Waals surface area contributed by atoms with Crippen LogP contribution >= 0.6 is 0 Å². The van der Waals surface area contributed by atoms with Crippen LogP contribution in [-0.4, -0.2) is 26.0 Å². The minimum atomic E-state index is -0.927. The summed E-state index contributed by atoms with van der Waals surface area (Å²) in [5.41, 5.74) is 3.02. The number of aromatic nitrogens is 3. The molecule has 0 atom stereocenters. The van der Waals surface area contributed by atoms with E-state index < -0.39 is 5.97 Å². The lowest BCUT2D eigenvalue weighted by atomic mass is 10.1. The Morgan fingerprint density at radius 3 is 2.95 bits per heavy atom. The van der Waals surface area contributed by atoms with E-state index in [1.807, 2.05) is 24.3 Å². The fourth-order valence-electron chi connectivity index (χ4n) is 2.31. The Morgan fingerprint density at radius 1 is 1.24 bits per heavy atom. The molecule has 0 saturated heterocycles. The zero-order valence-corrected chi connectivity index (χ0v) is 11.4. The highest BCUT2D eigenvalue weighted by Crippen LogP contribution is 2.12. The first kappa shape index (κ1) is 13.3. The molecular formula is C16H15N3O2. The number of nitrogens with one attached hydrogen (secondary N) is 1. The SMILES string of the molecule is O=C(O)c1cc(CCCc2ccc3cccnc3n2)c[nH]1. The van der Waals surface area contributed by atoms with Crippen molar-refractivity contribution in [3.63, 3.8) is 0 Å². The van der Waals surface area contributed by atoms with Gasteiger partial charge in [-0.1, -0.05) is 0 Å². The van der Waals surface area contributed by atoms with Crippen molar-refractivity contribution in [2.24, 2.45) is 0 Å². The molecule has 0 unspecified atom stereocenters. The van der Waals surface area contributed by atoms with E-state index >= 15 is 0 Å². The number of aromatic carboxylic acids is 1. The van der Waals surface area contributed by atoms with E-state index in [2.05, 4.69) is 15.0 Å². The zero-order valence-electron chi connectivity index (χ0n) is 11.4. The molecule has 0 saturated carbocycles. The number of rotatable bonds is 5. The number of hydrogen-bond acceptors (Lipinski definition) is 3. The first-order chi connectivity index (χ1) is 10.2. The lowest BCUT2D eigenvalue weighted by molar-refractivity contribution is 0.0691. The van der Waals surface area contributed by atoms with Crippen molar-refractivity contribution in [3.8, 4) is 0 Å². The van der Waals surface area contributed by atoms with Crippen molar-refractivity contribution in [1.82, 2.24) is 15.0 Å². The predicted octanol–water partition coefficient (Wildman–Crippen LogP) is 2.83. The van der Waals surface area contributed by atoms with Crippen LogP contribution in [0.4, 0.5) is 0 Å². The second-order valence-electron chi connectivity index (χ2n) is 4.93. The van der Waals surface area contributed by atoms with E-state index in [0.29, 0.717) is 0 Å². The van der Waals surface area contributed by atoms with Crippen molar-refractivity contribution >= 4 is 17.0 Å². The monoisotopic (exact) mass is 281 g/mol. The lowest BCUT2D eigenvalue weighted by Gasteiger charge is -2.02. The Kier molecular flexibility index (Phi) is 3.64. The van der Waals surface area contributed by atoms with E-state index in [-0.39, 0.29) is 5.69 Å². The number of carboxylic acids is 1. The van der Waals surface area contributed by atoms with Gasteiger partial charge in [0.15, 0.2) is 5.65 Å². The van der Waals surface area contributed by atoms with Gasteiger partial charge in [0.05, 0.1) is 0 Å². The Hall–Kier alpha value is -2.69. The Balaban J connectivity index is 1.62. The van der Waals surface area contributed by atoms with Crippen LogP contribution in [0.15, 0.2) is 42.7 Å². The average molecular weight is 281 g/mol. The molecule has 0 aliphatic rings. The maximum atomic E-state index is 10.8. The highest BCUT2D eigenvalue weighted by atomic mass is 16.4. The minimum Gasteiger partial charge on any atom is -0.477 e. The van der Waals surface area contributed by atoms with Gasteiger partial charge in [0, 0.05) is 23.5 Å². The molecule has 0 spiro atoms. The number of pyridine rings is 2. The fourth-order valence-corrected chi connectivity index (χ4v) is 2.31. The Morgan fingerprint density at radius 2 is 2.14 bits per heavy atom. The Bertz CT molecular complexity index is 780. The number of aromatic amines is 1. The third-order valence-electron chi connectivity index (χ3n) is 3.39. The highest BCUT2D eigenvalue weighted by molar-refractivity contribution is 5.85. The molecule has 5 nitrogen and oxygen atoms in total. The molecule has 0 aliphatic heterocycles. The summed E-state index contributed by atoms with van der Waals surface area (Å²) in [6.07, 6.45) is 6.08. The molecule has 3 aromatic rings. The van der Waals surface area contributed by atoms with Gasteiger partial charge in [-0.2, -0.15) is 0 Å². The van der Waals surface area contributed by atoms with Crippen LogP contribution in [0.2, 0.25) is 0 Å². The van der Waals surface area contributed by atoms with Gasteiger partial charge in [0.25, 0.3) is 0 Å². The zero-order chi connectivity index (χ0) is 14.7. The largest absolute Gasteiger partial charge is 0.477 e. The summed E-state index contributed by atoms with van der Waals surface area (Å²) in [6.45, 7) is 0. The van der Waals surface area contributed by atoms with Crippen LogP contribution in [0.3, 0.4) is 0 Å². The molecule has 3 rings (SSSR count). The van der Waals surface area contributed by atoms with Gasteiger partial charge < -0.3 is 10.1 Å². The molecule has 0 aromatic carbocycles. The van der Waals surface area contributed by atoms with Gasteiger partial charge in [0.2, 0.25) is 0 Å². The van der Waals surface area contributed by atoms with E-state index in [9.17, 15) is 4.79 Å². The first-order valence-electron chi connectivity index (χ1n) is 6.83. The van der Waals surface area contributed by atoms with Crippen LogP contribution in [0.5, 0.6) is 0 Å². The number of carboxylic acid groups (broad SMARTS) is 1. The smallest absolute Gasteiger partial charge is 0.352 e. The molecule has 0 fully saturated rings. The summed E-state index contributed by atoms with van der Waals surface area (Å²) in [5, 5.41) is 9.89. The van der Waals surface area contributed by atoms with Crippen LogP contribution in [0.25, 0.3) is 11.0 Å². The maximum absolute atomic E-state index is 10.8. The molecule has 0 aliphatic carbocycles. The summed E-state index contributed by atoms with van der Waals surface area (Å²) in [4.78, 5) is 22.3. The summed E-state index contributed by atoms with van der Waals surface area (Å²) >= 11 is 0. The fraction of sp³-hybridized carbons (Fsp3) is 0.188. The molecule has 106 valence electrons. The van der Waals surface area contributed by atoms with Crippen molar-refractivity contribution in [3.05, 3.63) is 59.7 Å². The van der Waals surface area contributed by atoms with Crippen molar-refractivity contribution in [1.29, 1.82) is 0 Å². The normalized spacial score (nSPS) is 10.9. The van der Waals surface area contributed by atoms with Gasteiger partial charge in [-0.25, -0.2) is 14.8 Å². The number of hydrogen-bond donors (Lipinski definition) is 2.